The number of carbonyl (C=O) groups is 4. The molecule has 1 aromatic carbocycles. The predicted octanol–water partition coefficient (Wildman–Crippen LogP) is 5.40. The molecule has 0 spiro atoms. The molecule has 0 saturated carbocycles. The summed E-state index contributed by atoms with van der Waals surface area (Å²) >= 11 is 1.38. The fraction of sp³-hybridized carbons (Fsp3) is 0.600. The number of fused-ring (bicyclic) bond motifs is 6. The van der Waals surface area contributed by atoms with E-state index in [1.807, 2.05) is 51.0 Å². The van der Waals surface area contributed by atoms with Gasteiger partial charge in [0.15, 0.2) is 0 Å². The number of piperidine rings is 1. The summed E-state index contributed by atoms with van der Waals surface area (Å²) in [5.74, 6) is -2.24. The molecule has 17 nitrogen and oxygen atoms in total. The molecular weight excluding hydrogens is 887 g/mol. The van der Waals surface area contributed by atoms with E-state index in [-0.39, 0.29) is 50.5 Å². The Bertz CT molecular complexity index is 2480. The van der Waals surface area contributed by atoms with Crippen molar-refractivity contribution in [1.82, 2.24) is 45.0 Å². The van der Waals surface area contributed by atoms with E-state index in [1.54, 1.807) is 20.4 Å². The number of hydrazine groups is 1. The number of nitrogens with zero attached hydrogens (tertiary/aromatic N) is 7. The first-order valence-corrected chi connectivity index (χ1v) is 25.1. The molecular formula is C50H69N9O8S. The normalized spacial score (nSPS) is 23.0. The molecule has 4 aliphatic rings. The second kappa shape index (κ2) is 20.5. The molecule has 0 radical (unpaired) electrons. The third kappa shape index (κ3) is 10.2. The van der Waals surface area contributed by atoms with E-state index >= 15 is 0 Å². The number of hydrogen-bond donors (Lipinski definition) is 3. The lowest BCUT2D eigenvalue weighted by Crippen LogP contribution is -2.67. The quantitative estimate of drug-likeness (QED) is 0.182. The summed E-state index contributed by atoms with van der Waals surface area (Å²) in [5.41, 5.74) is 6.40. The number of likely N-dealkylation sites (N-methyl/N-ethyl adjacent to an activating group) is 1. The second-order valence-corrected chi connectivity index (χ2v) is 20.9. The van der Waals surface area contributed by atoms with Crippen LogP contribution in [0, 0.1) is 11.3 Å². The molecule has 0 unspecified atom stereocenters. The monoisotopic (exact) mass is 955 g/mol. The van der Waals surface area contributed by atoms with Gasteiger partial charge < -0.3 is 39.0 Å². The van der Waals surface area contributed by atoms with Crippen LogP contribution in [0.3, 0.4) is 0 Å². The van der Waals surface area contributed by atoms with Gasteiger partial charge in [0.2, 0.25) is 11.6 Å². The maximum atomic E-state index is 14.7. The van der Waals surface area contributed by atoms with Gasteiger partial charge in [-0.15, -0.1) is 11.3 Å². The molecule has 8 rings (SSSR count). The number of methoxy groups -OCH3 is 1. The molecule has 68 heavy (non-hydrogen) atoms. The van der Waals surface area contributed by atoms with Gasteiger partial charge in [0, 0.05) is 111 Å². The van der Waals surface area contributed by atoms with Crippen LogP contribution in [0.2, 0.25) is 0 Å². The van der Waals surface area contributed by atoms with E-state index in [9.17, 15) is 24.3 Å². The van der Waals surface area contributed by atoms with Crippen molar-refractivity contribution in [3.8, 4) is 22.5 Å². The van der Waals surface area contributed by atoms with Gasteiger partial charge in [-0.2, -0.15) is 5.43 Å². The zero-order valence-corrected chi connectivity index (χ0v) is 41.7. The Morgan fingerprint density at radius 2 is 1.84 bits per heavy atom. The van der Waals surface area contributed by atoms with E-state index in [2.05, 4.69) is 51.4 Å². The average Bonchev–Trinajstić information content (AvgIpc) is 3.93. The van der Waals surface area contributed by atoms with Crippen molar-refractivity contribution in [3.63, 3.8) is 0 Å². The molecule has 7 heterocycles. The highest BCUT2D eigenvalue weighted by molar-refractivity contribution is 7.10. The number of benzene rings is 1. The number of cyclic esters (lactones) is 1. The minimum atomic E-state index is -2.21. The molecule has 6 bridgehead atoms. The van der Waals surface area contributed by atoms with Crippen LogP contribution in [0.15, 0.2) is 41.9 Å². The lowest BCUT2D eigenvalue weighted by molar-refractivity contribution is -0.189. The molecule has 18 heteroatoms. The number of morpholine rings is 1. The SMILES string of the molecule is CCn1c(-c2cccnc2[C@H](C)OC)c2c3cc(ccc31)-c1csc(n1)C[C@H](NC(=O)[C@H](C(C)C)N(C)C(=O)N1CCC(N3CCOCC3)CC1)C(=O)N1CCC[C@@](O)(N1)C(=O)OCC(C)(C)C2. The molecule has 368 valence electrons. The van der Waals surface area contributed by atoms with E-state index in [0.717, 1.165) is 83.8 Å². The number of aromatic nitrogens is 3. The van der Waals surface area contributed by atoms with Gasteiger partial charge in [-0.05, 0) is 75.3 Å². The number of nitrogens with one attached hydrogen (secondary N) is 2. The Hall–Kier alpha value is -4.98. The number of urea groups is 1. The van der Waals surface area contributed by atoms with Crippen molar-refractivity contribution in [1.29, 1.82) is 0 Å². The highest BCUT2D eigenvalue weighted by Gasteiger charge is 2.46. The number of likely N-dealkylation sites (tertiary alicyclic amines) is 1. The van der Waals surface area contributed by atoms with Gasteiger partial charge in [-0.3, -0.25) is 24.5 Å². The Balaban J connectivity index is 1.13. The van der Waals surface area contributed by atoms with Gasteiger partial charge in [0.1, 0.15) is 12.1 Å². The zero-order chi connectivity index (χ0) is 48.5. The summed E-state index contributed by atoms with van der Waals surface area (Å²) in [6.07, 6.45) is 4.00. The molecule has 3 saturated heterocycles. The average molecular weight is 956 g/mol. The van der Waals surface area contributed by atoms with Gasteiger partial charge in [0.25, 0.3) is 5.91 Å². The van der Waals surface area contributed by atoms with Gasteiger partial charge in [-0.25, -0.2) is 14.6 Å². The van der Waals surface area contributed by atoms with Crippen molar-refractivity contribution in [3.05, 3.63) is 58.2 Å². The number of amides is 4. The minimum Gasteiger partial charge on any atom is -0.462 e. The number of carbonyl (C=O) groups excluding carboxylic acids is 4. The van der Waals surface area contributed by atoms with E-state index in [4.69, 9.17) is 24.2 Å². The van der Waals surface area contributed by atoms with E-state index < -0.39 is 41.0 Å². The Kier molecular flexibility index (Phi) is 14.9. The maximum absolute atomic E-state index is 14.7. The number of hydrogen-bond acceptors (Lipinski definition) is 13. The molecule has 3 N–H and O–H groups in total. The third-order valence-corrected chi connectivity index (χ3v) is 15.0. The van der Waals surface area contributed by atoms with Crippen LogP contribution in [0.25, 0.3) is 33.4 Å². The number of thiazole rings is 1. The number of aryl methyl sites for hydroxylation is 1. The van der Waals surface area contributed by atoms with Gasteiger partial charge in [-0.1, -0.05) is 33.8 Å². The van der Waals surface area contributed by atoms with Crippen LogP contribution in [0.5, 0.6) is 0 Å². The lowest BCUT2D eigenvalue weighted by Gasteiger charge is -2.42. The van der Waals surface area contributed by atoms with E-state index in [1.165, 1.54) is 21.2 Å². The van der Waals surface area contributed by atoms with Crippen molar-refractivity contribution in [2.75, 3.05) is 66.7 Å². The highest BCUT2D eigenvalue weighted by Crippen LogP contribution is 2.42. The van der Waals surface area contributed by atoms with Gasteiger partial charge >= 0.3 is 12.0 Å². The summed E-state index contributed by atoms with van der Waals surface area (Å²) in [6, 6.07) is 8.40. The summed E-state index contributed by atoms with van der Waals surface area (Å²) in [7, 11) is 3.32. The maximum Gasteiger partial charge on any atom is 0.355 e. The van der Waals surface area contributed by atoms with Crippen molar-refractivity contribution in [2.24, 2.45) is 11.3 Å². The van der Waals surface area contributed by atoms with Crippen LogP contribution >= 0.6 is 11.3 Å². The van der Waals surface area contributed by atoms with Gasteiger partial charge in [0.05, 0.1) is 48.0 Å². The Morgan fingerprint density at radius 1 is 1.09 bits per heavy atom. The van der Waals surface area contributed by atoms with Crippen molar-refractivity contribution in [2.45, 2.75) is 117 Å². The van der Waals surface area contributed by atoms with Crippen LogP contribution in [-0.4, -0.2) is 154 Å². The Morgan fingerprint density at radius 3 is 2.54 bits per heavy atom. The highest BCUT2D eigenvalue weighted by atomic mass is 32.1. The number of aliphatic hydroxyl groups is 1. The molecule has 3 fully saturated rings. The summed E-state index contributed by atoms with van der Waals surface area (Å²) in [5, 5.41) is 19.7. The van der Waals surface area contributed by atoms with Crippen LogP contribution in [0.4, 0.5) is 4.79 Å². The second-order valence-electron chi connectivity index (χ2n) is 19.9. The molecule has 4 aromatic rings. The molecule has 0 aliphatic carbocycles. The topological polar surface area (TPSA) is 184 Å². The summed E-state index contributed by atoms with van der Waals surface area (Å²) < 4.78 is 19.6. The fourth-order valence-electron chi connectivity index (χ4n) is 10.5. The lowest BCUT2D eigenvalue weighted by atomic mass is 9.84. The zero-order valence-electron chi connectivity index (χ0n) is 40.9. The van der Waals surface area contributed by atoms with E-state index in [0.29, 0.717) is 37.1 Å². The molecule has 3 aromatic heterocycles. The molecule has 4 aliphatic heterocycles. The number of esters is 1. The predicted molar refractivity (Wildman–Crippen MR) is 259 cm³/mol. The molecule has 4 atom stereocenters. The third-order valence-electron chi connectivity index (χ3n) is 14.2. The largest absolute Gasteiger partial charge is 0.462 e. The summed E-state index contributed by atoms with van der Waals surface area (Å²) in [6.45, 7) is 17.1. The number of pyridine rings is 1. The van der Waals surface area contributed by atoms with Crippen LogP contribution in [-0.2, 0) is 48.0 Å². The fourth-order valence-corrected chi connectivity index (χ4v) is 11.3. The summed E-state index contributed by atoms with van der Waals surface area (Å²) in [4.78, 5) is 73.0. The van der Waals surface area contributed by atoms with Crippen molar-refractivity contribution >= 4 is 46.1 Å². The van der Waals surface area contributed by atoms with Crippen molar-refractivity contribution < 1.29 is 38.5 Å². The standard InChI is InChI=1S/C50H69N9O8S/c1-9-58-40-14-13-33-26-36(40)37(44(58)35-12-10-18-51-42(35)32(4)65-8)28-49(5,6)30-67-47(62)50(64)17-11-19-59(54-50)46(61)38(27-41-52-39(33)29-68-41)53-45(60)43(31(2)3)55(7)48(63)57-20-15-34(16-21-57)56-22-24-66-25-23-56/h10,12-14,18,26,29,31-32,34,38,43,54,64H,9,11,15-17,19-25,27-28,30H2,1-8H3,(H,53,60)/t32-,38-,43-,50-/m0/s1. The number of ether oxygens (including phenoxy) is 3. The smallest absolute Gasteiger partial charge is 0.355 e. The first kappa shape index (κ1) is 49.4. The number of rotatable bonds is 9. The van der Waals surface area contributed by atoms with Crippen LogP contribution in [0.1, 0.15) is 89.6 Å². The first-order chi connectivity index (χ1) is 32.5. The molecule has 4 amide bonds. The van der Waals surface area contributed by atoms with Crippen LogP contribution < -0.4 is 10.7 Å². The Labute approximate surface area is 403 Å². The minimum absolute atomic E-state index is 0.00725. The first-order valence-electron chi connectivity index (χ1n) is 24.2.